The van der Waals surface area contributed by atoms with E-state index in [-0.39, 0.29) is 6.04 Å². The van der Waals surface area contributed by atoms with Crippen molar-refractivity contribution in [2.75, 3.05) is 20.2 Å². The molecule has 1 aliphatic heterocycles. The Morgan fingerprint density at radius 2 is 1.76 bits per heavy atom. The van der Waals surface area contributed by atoms with Gasteiger partial charge in [-0.1, -0.05) is 65.7 Å². The summed E-state index contributed by atoms with van der Waals surface area (Å²) >= 11 is 12.5. The number of nitrogens with zero attached hydrogens (tertiary/aromatic N) is 1. The minimum Gasteiger partial charge on any atom is -0.493 e. The Hall–Kier alpha value is -2.73. The van der Waals surface area contributed by atoms with Crippen LogP contribution < -0.4 is 9.47 Å². The van der Waals surface area contributed by atoms with Gasteiger partial charge in [0.15, 0.2) is 11.5 Å². The van der Waals surface area contributed by atoms with Crippen molar-refractivity contribution in [2.45, 2.75) is 25.5 Å². The van der Waals surface area contributed by atoms with E-state index in [1.807, 2.05) is 60.7 Å². The van der Waals surface area contributed by atoms with Gasteiger partial charge in [-0.05, 0) is 60.3 Å². The number of carboxylic acid groups (broad SMARTS) is 1. The second-order valence-electron chi connectivity index (χ2n) is 8.43. The van der Waals surface area contributed by atoms with Gasteiger partial charge in [0, 0.05) is 6.54 Å². The van der Waals surface area contributed by atoms with Crippen LogP contribution in [0.5, 0.6) is 11.5 Å². The highest BCUT2D eigenvalue weighted by Gasteiger charge is 2.32. The lowest BCUT2D eigenvalue weighted by atomic mass is 9.91. The molecule has 1 N–H and O–H groups in total. The van der Waals surface area contributed by atoms with E-state index in [1.165, 1.54) is 0 Å². The van der Waals surface area contributed by atoms with Gasteiger partial charge in [0.25, 0.3) is 0 Å². The average molecular weight is 500 g/mol. The molecule has 178 valence electrons. The standard InChI is InChI=1S/C27H27Cl2NO4/c1-33-25-15-20(10-12-24(25)34-17-18-6-3-2-4-7-18)26(19-9-11-22(28)23(29)14-19)30-13-5-8-21(16-30)27(31)32/h2-4,6-7,9-12,14-15,21,26H,5,8,13,16-17H2,1H3,(H,31,32). The Kier molecular flexibility index (Phi) is 7.99. The summed E-state index contributed by atoms with van der Waals surface area (Å²) in [5, 5.41) is 10.6. The van der Waals surface area contributed by atoms with Crippen molar-refractivity contribution in [1.82, 2.24) is 4.90 Å². The number of hydrogen-bond donors (Lipinski definition) is 1. The summed E-state index contributed by atoms with van der Waals surface area (Å²) in [7, 11) is 1.62. The highest BCUT2D eigenvalue weighted by Crippen LogP contribution is 2.39. The summed E-state index contributed by atoms with van der Waals surface area (Å²) in [6.07, 6.45) is 1.49. The Morgan fingerprint density at radius 1 is 1.03 bits per heavy atom. The van der Waals surface area contributed by atoms with Crippen molar-refractivity contribution in [3.8, 4) is 11.5 Å². The molecule has 1 saturated heterocycles. The molecule has 0 spiro atoms. The van der Waals surface area contributed by atoms with E-state index in [1.54, 1.807) is 13.2 Å². The molecule has 0 aromatic heterocycles. The van der Waals surface area contributed by atoms with Gasteiger partial charge < -0.3 is 14.6 Å². The summed E-state index contributed by atoms with van der Waals surface area (Å²) in [6, 6.07) is 21.2. The van der Waals surface area contributed by atoms with Gasteiger partial charge in [-0.25, -0.2) is 0 Å². The van der Waals surface area contributed by atoms with Crippen LogP contribution in [0.2, 0.25) is 10.0 Å². The van der Waals surface area contributed by atoms with Gasteiger partial charge in [0.1, 0.15) is 6.61 Å². The number of benzene rings is 3. The third-order valence-electron chi connectivity index (χ3n) is 6.17. The molecule has 0 amide bonds. The van der Waals surface area contributed by atoms with Crippen molar-refractivity contribution in [3.63, 3.8) is 0 Å². The number of ether oxygens (including phenoxy) is 2. The molecule has 3 aromatic rings. The first-order valence-electron chi connectivity index (χ1n) is 11.2. The highest BCUT2D eigenvalue weighted by molar-refractivity contribution is 6.42. The van der Waals surface area contributed by atoms with Crippen LogP contribution in [0.1, 0.15) is 35.6 Å². The van der Waals surface area contributed by atoms with E-state index >= 15 is 0 Å². The number of likely N-dealkylation sites (tertiary alicyclic amines) is 1. The topological polar surface area (TPSA) is 59.0 Å². The summed E-state index contributed by atoms with van der Waals surface area (Å²) in [4.78, 5) is 13.9. The zero-order valence-electron chi connectivity index (χ0n) is 18.9. The largest absolute Gasteiger partial charge is 0.493 e. The quantitative estimate of drug-likeness (QED) is 0.384. The third kappa shape index (κ3) is 5.66. The Labute approximate surface area is 209 Å². The fourth-order valence-corrected chi connectivity index (χ4v) is 4.75. The van der Waals surface area contributed by atoms with E-state index < -0.39 is 11.9 Å². The minimum absolute atomic E-state index is 0.200. The molecular weight excluding hydrogens is 473 g/mol. The Bertz CT molecular complexity index is 1140. The zero-order chi connectivity index (χ0) is 24.1. The first-order valence-corrected chi connectivity index (χ1v) is 12.0. The SMILES string of the molecule is COc1cc(C(c2ccc(Cl)c(Cl)c2)N2CCCC(C(=O)O)C2)ccc1OCc1ccccc1. The molecule has 0 bridgehead atoms. The monoisotopic (exact) mass is 499 g/mol. The molecule has 1 fully saturated rings. The van der Waals surface area contributed by atoms with Crippen LogP contribution in [0.3, 0.4) is 0 Å². The summed E-state index contributed by atoms with van der Waals surface area (Å²) in [6.45, 7) is 1.66. The average Bonchev–Trinajstić information content (AvgIpc) is 2.86. The van der Waals surface area contributed by atoms with Crippen molar-refractivity contribution in [1.29, 1.82) is 0 Å². The number of hydrogen-bond acceptors (Lipinski definition) is 4. The zero-order valence-corrected chi connectivity index (χ0v) is 20.4. The number of halogens is 2. The maximum absolute atomic E-state index is 11.7. The van der Waals surface area contributed by atoms with E-state index in [0.29, 0.717) is 41.1 Å². The molecule has 0 radical (unpaired) electrons. The van der Waals surface area contributed by atoms with E-state index in [9.17, 15) is 9.90 Å². The Balaban J connectivity index is 1.67. The van der Waals surface area contributed by atoms with Crippen molar-refractivity contribution < 1.29 is 19.4 Å². The van der Waals surface area contributed by atoms with Crippen LogP contribution in [0.15, 0.2) is 66.7 Å². The lowest BCUT2D eigenvalue weighted by Crippen LogP contribution is -2.41. The van der Waals surface area contributed by atoms with Crippen LogP contribution in [0.4, 0.5) is 0 Å². The first kappa shape index (κ1) is 24.4. The summed E-state index contributed by atoms with van der Waals surface area (Å²) in [5.41, 5.74) is 2.98. The van der Waals surface area contributed by atoms with Gasteiger partial charge >= 0.3 is 5.97 Å². The first-order chi connectivity index (χ1) is 16.5. The third-order valence-corrected chi connectivity index (χ3v) is 6.91. The maximum Gasteiger partial charge on any atom is 0.307 e. The molecule has 0 aliphatic carbocycles. The van der Waals surface area contributed by atoms with Crippen LogP contribution in [0, 0.1) is 5.92 Å². The molecule has 2 atom stereocenters. The highest BCUT2D eigenvalue weighted by atomic mass is 35.5. The van der Waals surface area contributed by atoms with Gasteiger partial charge in [0.05, 0.1) is 29.1 Å². The van der Waals surface area contributed by atoms with Gasteiger partial charge in [-0.15, -0.1) is 0 Å². The number of aliphatic carboxylic acids is 1. The molecule has 34 heavy (non-hydrogen) atoms. The molecule has 0 saturated carbocycles. The van der Waals surface area contributed by atoms with E-state index in [0.717, 1.165) is 29.7 Å². The summed E-state index contributed by atoms with van der Waals surface area (Å²) < 4.78 is 11.7. The number of carbonyl (C=O) groups is 1. The van der Waals surface area contributed by atoms with Gasteiger partial charge in [-0.2, -0.15) is 0 Å². The van der Waals surface area contributed by atoms with Gasteiger partial charge in [0.2, 0.25) is 0 Å². The molecule has 5 nitrogen and oxygen atoms in total. The molecule has 1 aliphatic rings. The number of methoxy groups -OCH3 is 1. The van der Waals surface area contributed by atoms with Crippen LogP contribution >= 0.6 is 23.2 Å². The number of carboxylic acids is 1. The summed E-state index contributed by atoms with van der Waals surface area (Å²) in [5.74, 6) is 0.0876. The van der Waals surface area contributed by atoms with Crippen molar-refractivity contribution >= 4 is 29.2 Å². The second-order valence-corrected chi connectivity index (χ2v) is 9.25. The molecular formula is C27H27Cl2NO4. The van der Waals surface area contributed by atoms with E-state index in [2.05, 4.69) is 4.90 Å². The van der Waals surface area contributed by atoms with Crippen LogP contribution in [-0.2, 0) is 11.4 Å². The van der Waals surface area contributed by atoms with Crippen molar-refractivity contribution in [2.24, 2.45) is 5.92 Å². The number of rotatable bonds is 8. The second kappa shape index (κ2) is 11.1. The maximum atomic E-state index is 11.7. The smallest absolute Gasteiger partial charge is 0.307 e. The van der Waals surface area contributed by atoms with E-state index in [4.69, 9.17) is 32.7 Å². The van der Waals surface area contributed by atoms with Crippen molar-refractivity contribution in [3.05, 3.63) is 93.5 Å². The molecule has 3 aromatic carbocycles. The number of piperidine rings is 1. The molecule has 4 rings (SSSR count). The fraction of sp³-hybridized carbons (Fsp3) is 0.296. The lowest BCUT2D eigenvalue weighted by Gasteiger charge is -2.38. The molecule has 1 heterocycles. The molecule has 2 unspecified atom stereocenters. The predicted octanol–water partition coefficient (Wildman–Crippen LogP) is 6.47. The Morgan fingerprint density at radius 3 is 2.47 bits per heavy atom. The fourth-order valence-electron chi connectivity index (χ4n) is 4.45. The minimum atomic E-state index is -0.764. The van der Waals surface area contributed by atoms with Crippen LogP contribution in [-0.4, -0.2) is 36.2 Å². The van der Waals surface area contributed by atoms with Gasteiger partial charge in [-0.3, -0.25) is 9.69 Å². The molecule has 7 heteroatoms. The lowest BCUT2D eigenvalue weighted by molar-refractivity contribution is -0.143. The predicted molar refractivity (Wildman–Crippen MR) is 134 cm³/mol. The van der Waals surface area contributed by atoms with Crippen LogP contribution in [0.25, 0.3) is 0 Å². The normalized spacial score (nSPS) is 17.2.